The van der Waals surface area contributed by atoms with E-state index < -0.39 is 4.92 Å². The van der Waals surface area contributed by atoms with Gasteiger partial charge < -0.3 is 5.32 Å². The predicted octanol–water partition coefficient (Wildman–Crippen LogP) is 3.80. The second-order valence-corrected chi connectivity index (χ2v) is 5.52. The predicted molar refractivity (Wildman–Crippen MR) is 78.3 cm³/mol. The van der Waals surface area contributed by atoms with Crippen LogP contribution < -0.4 is 5.32 Å². The number of hydrogen-bond donors (Lipinski definition) is 1. The van der Waals surface area contributed by atoms with Gasteiger partial charge in [-0.2, -0.15) is 0 Å². The van der Waals surface area contributed by atoms with Crippen molar-refractivity contribution in [3.8, 4) is 0 Å². The molecule has 1 aromatic carbocycles. The number of nitrogens with one attached hydrogen (secondary N) is 1. The molecule has 5 nitrogen and oxygen atoms in total. The van der Waals surface area contributed by atoms with Gasteiger partial charge in [-0.15, -0.1) is 11.3 Å². The lowest BCUT2D eigenvalue weighted by molar-refractivity contribution is -0.384. The lowest BCUT2D eigenvalue weighted by atomic mass is 10.1. The largest absolute Gasteiger partial charge is 0.345 e. The van der Waals surface area contributed by atoms with E-state index in [1.54, 1.807) is 11.3 Å². The Labute approximate surface area is 124 Å². The van der Waals surface area contributed by atoms with E-state index >= 15 is 0 Å². The van der Waals surface area contributed by atoms with Crippen molar-refractivity contribution < 1.29 is 9.72 Å². The Morgan fingerprint density at radius 2 is 2.20 bits per heavy atom. The van der Waals surface area contributed by atoms with E-state index in [-0.39, 0.29) is 22.7 Å². The third kappa shape index (κ3) is 3.15. The standard InChI is InChI=1S/C13H11ClN2O3S/c1-8(12-3-2-6-20-12)15-13(17)9-4-5-11(16(18)19)10(14)7-9/h2-8H,1H3,(H,15,17). The van der Waals surface area contributed by atoms with Crippen LogP contribution in [0.25, 0.3) is 0 Å². The summed E-state index contributed by atoms with van der Waals surface area (Å²) < 4.78 is 0. The van der Waals surface area contributed by atoms with E-state index in [1.807, 2.05) is 24.4 Å². The smallest absolute Gasteiger partial charge is 0.287 e. The molecule has 0 bridgehead atoms. The van der Waals surface area contributed by atoms with Crippen molar-refractivity contribution in [3.63, 3.8) is 0 Å². The molecule has 7 heteroatoms. The Hall–Kier alpha value is -1.92. The second-order valence-electron chi connectivity index (χ2n) is 4.13. The van der Waals surface area contributed by atoms with Crippen LogP contribution in [-0.2, 0) is 0 Å². The Morgan fingerprint density at radius 1 is 1.45 bits per heavy atom. The normalized spacial score (nSPS) is 11.9. The fourth-order valence-corrected chi connectivity index (χ4v) is 2.67. The van der Waals surface area contributed by atoms with Crippen molar-refractivity contribution in [2.45, 2.75) is 13.0 Å². The van der Waals surface area contributed by atoms with Gasteiger partial charge in [0.05, 0.1) is 11.0 Å². The van der Waals surface area contributed by atoms with Gasteiger partial charge in [-0.1, -0.05) is 17.7 Å². The summed E-state index contributed by atoms with van der Waals surface area (Å²) in [6.45, 7) is 1.87. The van der Waals surface area contributed by atoms with Gasteiger partial charge in [0.2, 0.25) is 0 Å². The van der Waals surface area contributed by atoms with Crippen molar-refractivity contribution in [2.24, 2.45) is 0 Å². The van der Waals surface area contributed by atoms with Crippen LogP contribution in [0.15, 0.2) is 35.7 Å². The molecule has 0 spiro atoms. The highest BCUT2D eigenvalue weighted by Crippen LogP contribution is 2.25. The van der Waals surface area contributed by atoms with Crippen molar-refractivity contribution in [1.82, 2.24) is 5.32 Å². The number of carbonyl (C=O) groups is 1. The summed E-state index contributed by atoms with van der Waals surface area (Å²) in [6, 6.07) is 7.63. The Balaban J connectivity index is 2.14. The first-order chi connectivity index (χ1) is 9.49. The van der Waals surface area contributed by atoms with Gasteiger partial charge in [-0.05, 0) is 30.5 Å². The average Bonchev–Trinajstić information content (AvgIpc) is 2.91. The lowest BCUT2D eigenvalue weighted by Crippen LogP contribution is -2.26. The van der Waals surface area contributed by atoms with Gasteiger partial charge in [-0.25, -0.2) is 0 Å². The van der Waals surface area contributed by atoms with Gasteiger partial charge >= 0.3 is 0 Å². The van der Waals surface area contributed by atoms with Gasteiger partial charge in [-0.3, -0.25) is 14.9 Å². The van der Waals surface area contributed by atoms with Crippen LogP contribution in [0.1, 0.15) is 28.2 Å². The molecule has 0 fully saturated rings. The topological polar surface area (TPSA) is 72.2 Å². The molecule has 20 heavy (non-hydrogen) atoms. The van der Waals surface area contributed by atoms with Gasteiger partial charge in [0.15, 0.2) is 0 Å². The molecule has 0 radical (unpaired) electrons. The van der Waals surface area contributed by atoms with Crippen molar-refractivity contribution in [3.05, 3.63) is 61.3 Å². The zero-order chi connectivity index (χ0) is 14.7. The molecule has 1 amide bonds. The van der Waals surface area contributed by atoms with E-state index in [0.717, 1.165) is 4.88 Å². The fraction of sp³-hybridized carbons (Fsp3) is 0.154. The molecular weight excluding hydrogens is 300 g/mol. The maximum Gasteiger partial charge on any atom is 0.287 e. The van der Waals surface area contributed by atoms with Gasteiger partial charge in [0, 0.05) is 16.5 Å². The van der Waals surface area contributed by atoms with Crippen molar-refractivity contribution >= 4 is 34.5 Å². The highest BCUT2D eigenvalue weighted by molar-refractivity contribution is 7.10. The maximum absolute atomic E-state index is 12.0. The first-order valence-electron chi connectivity index (χ1n) is 5.77. The van der Waals surface area contributed by atoms with Crippen LogP contribution in [-0.4, -0.2) is 10.8 Å². The van der Waals surface area contributed by atoms with Gasteiger partial charge in [0.1, 0.15) is 5.02 Å². The molecule has 104 valence electrons. The molecule has 1 N–H and O–H groups in total. The molecule has 0 saturated carbocycles. The highest BCUT2D eigenvalue weighted by Gasteiger charge is 2.17. The molecule has 2 rings (SSSR count). The van der Waals surface area contributed by atoms with E-state index in [1.165, 1.54) is 18.2 Å². The average molecular weight is 311 g/mol. The molecule has 0 aliphatic heterocycles. The number of benzene rings is 1. The third-order valence-electron chi connectivity index (χ3n) is 2.72. The van der Waals surface area contributed by atoms with Gasteiger partial charge in [0.25, 0.3) is 11.6 Å². The van der Waals surface area contributed by atoms with Crippen LogP contribution in [0, 0.1) is 10.1 Å². The number of rotatable bonds is 4. The number of thiophene rings is 1. The monoisotopic (exact) mass is 310 g/mol. The van der Waals surface area contributed by atoms with Crippen LogP contribution in [0.4, 0.5) is 5.69 Å². The van der Waals surface area contributed by atoms with E-state index in [2.05, 4.69) is 5.32 Å². The molecule has 0 saturated heterocycles. The minimum absolute atomic E-state index is 0.0496. The number of halogens is 1. The Kier molecular flexibility index (Phi) is 4.36. The molecule has 1 atom stereocenters. The number of nitro benzene ring substituents is 1. The molecule has 1 unspecified atom stereocenters. The lowest BCUT2D eigenvalue weighted by Gasteiger charge is -2.12. The number of carbonyl (C=O) groups excluding carboxylic acids is 1. The zero-order valence-corrected chi connectivity index (χ0v) is 12.1. The Morgan fingerprint density at radius 3 is 2.75 bits per heavy atom. The van der Waals surface area contributed by atoms with E-state index in [9.17, 15) is 14.9 Å². The number of hydrogen-bond acceptors (Lipinski definition) is 4. The summed E-state index contributed by atoms with van der Waals surface area (Å²) >= 11 is 7.33. The summed E-state index contributed by atoms with van der Waals surface area (Å²) in [5, 5.41) is 15.4. The van der Waals surface area contributed by atoms with Crippen LogP contribution in [0.3, 0.4) is 0 Å². The minimum Gasteiger partial charge on any atom is -0.345 e. The quantitative estimate of drug-likeness (QED) is 0.689. The summed E-state index contributed by atoms with van der Waals surface area (Å²) in [7, 11) is 0. The number of nitro groups is 1. The minimum atomic E-state index is -0.585. The van der Waals surface area contributed by atoms with Crippen LogP contribution >= 0.6 is 22.9 Å². The third-order valence-corrected chi connectivity index (χ3v) is 4.08. The summed E-state index contributed by atoms with van der Waals surface area (Å²) in [6.07, 6.45) is 0. The fourth-order valence-electron chi connectivity index (χ4n) is 1.68. The van der Waals surface area contributed by atoms with E-state index in [4.69, 9.17) is 11.6 Å². The molecule has 1 heterocycles. The van der Waals surface area contributed by atoms with Crippen LogP contribution in [0.5, 0.6) is 0 Å². The zero-order valence-electron chi connectivity index (χ0n) is 10.5. The number of nitrogens with zero attached hydrogens (tertiary/aromatic N) is 1. The molecule has 2 aromatic rings. The summed E-state index contributed by atoms with van der Waals surface area (Å²) in [5.41, 5.74) is 0.0820. The maximum atomic E-state index is 12.0. The first kappa shape index (κ1) is 14.5. The molecule has 0 aliphatic rings. The van der Waals surface area contributed by atoms with Crippen molar-refractivity contribution in [1.29, 1.82) is 0 Å². The molecule has 0 aliphatic carbocycles. The SMILES string of the molecule is CC(NC(=O)c1ccc([N+](=O)[O-])c(Cl)c1)c1cccs1. The second kappa shape index (κ2) is 6.02. The summed E-state index contributed by atoms with van der Waals surface area (Å²) in [4.78, 5) is 23.2. The molecule has 1 aromatic heterocycles. The summed E-state index contributed by atoms with van der Waals surface area (Å²) in [5.74, 6) is -0.317. The Bertz CT molecular complexity index is 643. The highest BCUT2D eigenvalue weighted by atomic mass is 35.5. The van der Waals surface area contributed by atoms with Crippen molar-refractivity contribution in [2.75, 3.05) is 0 Å². The van der Waals surface area contributed by atoms with Crippen LogP contribution in [0.2, 0.25) is 5.02 Å². The van der Waals surface area contributed by atoms with E-state index in [0.29, 0.717) is 5.56 Å². The first-order valence-corrected chi connectivity index (χ1v) is 7.03. The number of amides is 1. The molecular formula is C13H11ClN2O3S.